The van der Waals surface area contributed by atoms with Crippen LogP contribution < -0.4 is 0 Å². The molecule has 2 atom stereocenters. The minimum Gasteiger partial charge on any atom is -0.465 e. The third-order valence-electron chi connectivity index (χ3n) is 2.93. The molecule has 0 aliphatic rings. The fourth-order valence-electron chi connectivity index (χ4n) is 1.91. The van der Waals surface area contributed by atoms with Gasteiger partial charge in [-0.15, -0.1) is 0 Å². The van der Waals surface area contributed by atoms with E-state index in [4.69, 9.17) is 4.74 Å². The molecule has 0 saturated carbocycles. The van der Waals surface area contributed by atoms with Crippen LogP contribution in [0.4, 0.5) is 0 Å². The number of hydrogen-bond donors (Lipinski definition) is 0. The first-order valence-electron chi connectivity index (χ1n) is 6.42. The Morgan fingerprint density at radius 1 is 1.22 bits per heavy atom. The SMILES string of the molecule is CCCC(C)OC(C)c1ccc(C(=O)OC)cc1. The van der Waals surface area contributed by atoms with Crippen molar-refractivity contribution < 1.29 is 14.3 Å². The van der Waals surface area contributed by atoms with Crippen molar-refractivity contribution in [1.82, 2.24) is 0 Å². The lowest BCUT2D eigenvalue weighted by Gasteiger charge is -2.19. The molecule has 18 heavy (non-hydrogen) atoms. The zero-order valence-electron chi connectivity index (χ0n) is 11.6. The zero-order chi connectivity index (χ0) is 13.5. The largest absolute Gasteiger partial charge is 0.465 e. The lowest BCUT2D eigenvalue weighted by atomic mass is 10.1. The molecule has 0 aliphatic carbocycles. The second-order valence-electron chi connectivity index (χ2n) is 4.49. The Morgan fingerprint density at radius 3 is 2.33 bits per heavy atom. The van der Waals surface area contributed by atoms with Crippen molar-refractivity contribution >= 4 is 5.97 Å². The fourth-order valence-corrected chi connectivity index (χ4v) is 1.91. The van der Waals surface area contributed by atoms with E-state index in [2.05, 4.69) is 18.6 Å². The topological polar surface area (TPSA) is 35.5 Å². The van der Waals surface area contributed by atoms with Crippen molar-refractivity contribution in [1.29, 1.82) is 0 Å². The van der Waals surface area contributed by atoms with Gasteiger partial charge in [0.15, 0.2) is 0 Å². The van der Waals surface area contributed by atoms with E-state index in [0.29, 0.717) is 5.56 Å². The van der Waals surface area contributed by atoms with Gasteiger partial charge in [-0.25, -0.2) is 4.79 Å². The molecule has 0 N–H and O–H groups in total. The fraction of sp³-hybridized carbons (Fsp3) is 0.533. The molecule has 0 radical (unpaired) electrons. The Bertz CT molecular complexity index is 370. The molecule has 0 aliphatic heterocycles. The highest BCUT2D eigenvalue weighted by atomic mass is 16.5. The minimum absolute atomic E-state index is 0.0400. The maximum atomic E-state index is 11.3. The summed E-state index contributed by atoms with van der Waals surface area (Å²) in [7, 11) is 1.38. The smallest absolute Gasteiger partial charge is 0.337 e. The van der Waals surface area contributed by atoms with E-state index < -0.39 is 0 Å². The molecule has 0 spiro atoms. The van der Waals surface area contributed by atoms with Crippen LogP contribution in [-0.4, -0.2) is 19.2 Å². The monoisotopic (exact) mass is 250 g/mol. The van der Waals surface area contributed by atoms with Gasteiger partial charge >= 0.3 is 5.97 Å². The third kappa shape index (κ3) is 4.15. The Balaban J connectivity index is 2.64. The lowest BCUT2D eigenvalue weighted by molar-refractivity contribution is 0.00254. The summed E-state index contributed by atoms with van der Waals surface area (Å²) in [6, 6.07) is 7.36. The van der Waals surface area contributed by atoms with Gasteiger partial charge in [0.2, 0.25) is 0 Å². The van der Waals surface area contributed by atoms with Gasteiger partial charge in [-0.05, 0) is 38.0 Å². The van der Waals surface area contributed by atoms with Gasteiger partial charge in [0.1, 0.15) is 0 Å². The molecule has 0 amide bonds. The first kappa shape index (κ1) is 14.7. The number of rotatable bonds is 6. The first-order chi connectivity index (χ1) is 8.58. The van der Waals surface area contributed by atoms with E-state index in [0.717, 1.165) is 18.4 Å². The van der Waals surface area contributed by atoms with Gasteiger partial charge in [-0.2, -0.15) is 0 Å². The Labute approximate surface area is 109 Å². The average molecular weight is 250 g/mol. The second kappa shape index (κ2) is 7.17. The molecule has 1 aromatic carbocycles. The summed E-state index contributed by atoms with van der Waals surface area (Å²) >= 11 is 0. The van der Waals surface area contributed by atoms with Gasteiger partial charge in [-0.1, -0.05) is 25.5 Å². The van der Waals surface area contributed by atoms with Gasteiger partial charge in [-0.3, -0.25) is 0 Å². The summed E-state index contributed by atoms with van der Waals surface area (Å²) < 4.78 is 10.6. The van der Waals surface area contributed by atoms with E-state index in [9.17, 15) is 4.79 Å². The van der Waals surface area contributed by atoms with Crippen LogP contribution in [0.15, 0.2) is 24.3 Å². The highest BCUT2D eigenvalue weighted by Gasteiger charge is 2.11. The number of carbonyl (C=O) groups excluding carboxylic acids is 1. The van der Waals surface area contributed by atoms with Crippen LogP contribution in [0, 0.1) is 0 Å². The van der Waals surface area contributed by atoms with Gasteiger partial charge in [0.25, 0.3) is 0 Å². The molecule has 2 unspecified atom stereocenters. The molecule has 1 aromatic rings. The Hall–Kier alpha value is -1.35. The molecule has 0 heterocycles. The molecular weight excluding hydrogens is 228 g/mol. The number of methoxy groups -OCH3 is 1. The predicted molar refractivity (Wildman–Crippen MR) is 71.7 cm³/mol. The highest BCUT2D eigenvalue weighted by Crippen LogP contribution is 2.20. The van der Waals surface area contributed by atoms with E-state index in [1.807, 2.05) is 19.1 Å². The molecule has 3 nitrogen and oxygen atoms in total. The summed E-state index contributed by atoms with van der Waals surface area (Å²) in [5.41, 5.74) is 1.64. The van der Waals surface area contributed by atoms with Crippen molar-refractivity contribution in [3.05, 3.63) is 35.4 Å². The second-order valence-corrected chi connectivity index (χ2v) is 4.49. The number of hydrogen-bond acceptors (Lipinski definition) is 3. The zero-order valence-corrected chi connectivity index (χ0v) is 11.6. The van der Waals surface area contributed by atoms with E-state index >= 15 is 0 Å². The van der Waals surface area contributed by atoms with Crippen LogP contribution in [-0.2, 0) is 9.47 Å². The van der Waals surface area contributed by atoms with Crippen LogP contribution in [0.25, 0.3) is 0 Å². The molecule has 0 fully saturated rings. The van der Waals surface area contributed by atoms with Crippen LogP contribution in [0.2, 0.25) is 0 Å². The predicted octanol–water partition coefficient (Wildman–Crippen LogP) is 3.74. The van der Waals surface area contributed by atoms with E-state index in [1.165, 1.54) is 7.11 Å². The van der Waals surface area contributed by atoms with E-state index in [-0.39, 0.29) is 18.2 Å². The average Bonchev–Trinajstić information content (AvgIpc) is 2.38. The summed E-state index contributed by atoms with van der Waals surface area (Å²) in [6.45, 7) is 6.26. The summed E-state index contributed by atoms with van der Waals surface area (Å²) in [5, 5.41) is 0. The molecule has 1 rings (SSSR count). The normalized spacial score (nSPS) is 14.0. The molecule has 0 saturated heterocycles. The lowest BCUT2D eigenvalue weighted by Crippen LogP contribution is -2.11. The molecule has 0 aromatic heterocycles. The van der Waals surface area contributed by atoms with Crippen LogP contribution in [0.5, 0.6) is 0 Å². The molecular formula is C15H22O3. The van der Waals surface area contributed by atoms with Gasteiger partial charge in [0.05, 0.1) is 24.9 Å². The number of carbonyl (C=O) groups is 1. The first-order valence-corrected chi connectivity index (χ1v) is 6.42. The molecule has 100 valence electrons. The standard InChI is InChI=1S/C15H22O3/c1-5-6-11(2)18-12(3)13-7-9-14(10-8-13)15(16)17-4/h7-12H,5-6H2,1-4H3. The van der Waals surface area contributed by atoms with Gasteiger partial charge in [0, 0.05) is 0 Å². The van der Waals surface area contributed by atoms with Crippen molar-refractivity contribution in [2.75, 3.05) is 7.11 Å². The molecule has 0 bridgehead atoms. The quantitative estimate of drug-likeness (QED) is 0.721. The highest BCUT2D eigenvalue weighted by molar-refractivity contribution is 5.89. The number of esters is 1. The van der Waals surface area contributed by atoms with Gasteiger partial charge < -0.3 is 9.47 Å². The van der Waals surface area contributed by atoms with Crippen molar-refractivity contribution in [2.45, 2.75) is 45.8 Å². The molecule has 3 heteroatoms. The van der Waals surface area contributed by atoms with Crippen molar-refractivity contribution in [3.63, 3.8) is 0 Å². The number of ether oxygens (including phenoxy) is 2. The van der Waals surface area contributed by atoms with Crippen LogP contribution in [0.3, 0.4) is 0 Å². The maximum Gasteiger partial charge on any atom is 0.337 e. The van der Waals surface area contributed by atoms with Crippen LogP contribution >= 0.6 is 0 Å². The van der Waals surface area contributed by atoms with Crippen LogP contribution in [0.1, 0.15) is 55.6 Å². The summed E-state index contributed by atoms with van der Waals surface area (Å²) in [6.07, 6.45) is 2.48. The van der Waals surface area contributed by atoms with Crippen molar-refractivity contribution in [2.24, 2.45) is 0 Å². The minimum atomic E-state index is -0.311. The van der Waals surface area contributed by atoms with Crippen molar-refractivity contribution in [3.8, 4) is 0 Å². The third-order valence-corrected chi connectivity index (χ3v) is 2.93. The number of benzene rings is 1. The Kier molecular flexibility index (Phi) is 5.86. The summed E-state index contributed by atoms with van der Waals surface area (Å²) in [5.74, 6) is -0.311. The summed E-state index contributed by atoms with van der Waals surface area (Å²) in [4.78, 5) is 11.3. The Morgan fingerprint density at radius 2 is 1.83 bits per heavy atom. The van der Waals surface area contributed by atoms with E-state index in [1.54, 1.807) is 12.1 Å². The maximum absolute atomic E-state index is 11.3.